The minimum absolute atomic E-state index is 0.00179. The van der Waals surface area contributed by atoms with Gasteiger partial charge in [0.2, 0.25) is 0 Å². The fourth-order valence-electron chi connectivity index (χ4n) is 3.80. The summed E-state index contributed by atoms with van der Waals surface area (Å²) in [6.45, 7) is 1.17. The zero-order valence-electron chi connectivity index (χ0n) is 23.7. The van der Waals surface area contributed by atoms with E-state index in [0.717, 1.165) is 54.6 Å². The molecular weight excluding hydrogens is 669 g/mol. The van der Waals surface area contributed by atoms with Crippen molar-refractivity contribution in [1.29, 1.82) is 0 Å². The van der Waals surface area contributed by atoms with Gasteiger partial charge in [-0.05, 0) is 54.6 Å². The van der Waals surface area contributed by atoms with Gasteiger partial charge in [0.25, 0.3) is 0 Å². The molecule has 0 saturated carbocycles. The van der Waals surface area contributed by atoms with Gasteiger partial charge in [-0.15, -0.1) is 0 Å². The van der Waals surface area contributed by atoms with Gasteiger partial charge in [0.05, 0.1) is 34.3 Å². The van der Waals surface area contributed by atoms with Crippen LogP contribution in [0.15, 0.2) is 84.3 Å². The number of phenolic OH excluding ortho intramolecular Hbond substituents is 3. The molecule has 0 atom stereocenters. The third kappa shape index (κ3) is 11.0. The van der Waals surface area contributed by atoms with E-state index in [1.54, 1.807) is 0 Å². The molecule has 19 heteroatoms. The minimum Gasteiger partial charge on any atom is -0.744 e. The SMILES string of the molecule is O=S(=O)([O-])c1ccc(O)c(C=NCCN(CCN=Cc2cc(S(=O)(=O)[O-])ccc2O)CCN=Cc2cc(S(=O)(=O)[O-])ccc2O)c1. The van der Waals surface area contributed by atoms with E-state index in [1.807, 2.05) is 4.90 Å². The van der Waals surface area contributed by atoms with Crippen molar-refractivity contribution in [3.8, 4) is 17.2 Å². The number of hydrogen-bond acceptors (Lipinski definition) is 16. The predicted octanol–water partition coefficient (Wildman–Crippen LogP) is 0.475. The largest absolute Gasteiger partial charge is 0.744 e. The van der Waals surface area contributed by atoms with Gasteiger partial charge in [-0.2, -0.15) is 0 Å². The Morgan fingerprint density at radius 3 is 1.02 bits per heavy atom. The predicted molar refractivity (Wildman–Crippen MR) is 162 cm³/mol. The molecule has 46 heavy (non-hydrogen) atoms. The number of rotatable bonds is 15. The van der Waals surface area contributed by atoms with Gasteiger partial charge in [0.15, 0.2) is 0 Å². The average Bonchev–Trinajstić information content (AvgIpc) is 2.95. The summed E-state index contributed by atoms with van der Waals surface area (Å²) in [6.07, 6.45) is 3.58. The van der Waals surface area contributed by atoms with Gasteiger partial charge in [0, 0.05) is 55.0 Å². The first-order valence-electron chi connectivity index (χ1n) is 13.0. The summed E-state index contributed by atoms with van der Waals surface area (Å²) < 4.78 is 102. The Balaban J connectivity index is 1.71. The van der Waals surface area contributed by atoms with Crippen molar-refractivity contribution in [2.24, 2.45) is 15.0 Å². The average molecular weight is 696 g/mol. The minimum atomic E-state index is -4.76. The van der Waals surface area contributed by atoms with E-state index in [2.05, 4.69) is 15.0 Å². The molecule has 3 aromatic carbocycles. The highest BCUT2D eigenvalue weighted by molar-refractivity contribution is 7.86. The second kappa shape index (κ2) is 15.4. The molecule has 0 aliphatic heterocycles. The van der Waals surface area contributed by atoms with Crippen LogP contribution in [0.2, 0.25) is 0 Å². The van der Waals surface area contributed by atoms with Crippen LogP contribution in [0.1, 0.15) is 16.7 Å². The Hall–Kier alpha value is -4.24. The van der Waals surface area contributed by atoms with Crippen LogP contribution in [0.3, 0.4) is 0 Å². The molecule has 3 aromatic rings. The highest BCUT2D eigenvalue weighted by atomic mass is 32.2. The lowest BCUT2D eigenvalue weighted by atomic mass is 10.2. The number of phenols is 3. The number of aromatic hydroxyl groups is 3. The van der Waals surface area contributed by atoms with Crippen molar-refractivity contribution in [1.82, 2.24) is 4.90 Å². The molecule has 0 spiro atoms. The second-order valence-electron chi connectivity index (χ2n) is 9.47. The molecule has 0 aliphatic carbocycles. The molecule has 3 rings (SSSR count). The number of hydrogen-bond donors (Lipinski definition) is 3. The monoisotopic (exact) mass is 695 g/mol. The number of benzene rings is 3. The zero-order valence-corrected chi connectivity index (χ0v) is 26.1. The standard InChI is InChI=1S/C27H30N4O12S3/c32-25-4-1-22(44(35,36)37)13-19(25)16-28-7-10-31(11-8-29-17-20-14-23(45(38,39)40)2-5-26(20)33)12-9-30-18-21-15-24(46(41,42)43)3-6-27(21)34/h1-6,13-18,32-34H,7-12H2,(H,35,36,37)(H,38,39,40)(H,41,42,43)/p-3. The second-order valence-corrected chi connectivity index (χ2v) is 13.6. The molecule has 0 radical (unpaired) electrons. The molecule has 0 fully saturated rings. The number of aliphatic imine (C=N–C) groups is 3. The Kier molecular flexibility index (Phi) is 12.1. The van der Waals surface area contributed by atoms with E-state index in [4.69, 9.17) is 0 Å². The van der Waals surface area contributed by atoms with Crippen molar-refractivity contribution >= 4 is 49.0 Å². The molecule has 0 unspecified atom stereocenters. The van der Waals surface area contributed by atoms with Crippen molar-refractivity contribution in [3.05, 3.63) is 71.3 Å². The van der Waals surface area contributed by atoms with Crippen molar-refractivity contribution in [2.75, 3.05) is 39.3 Å². The third-order valence-corrected chi connectivity index (χ3v) is 8.68. The first-order valence-corrected chi connectivity index (χ1v) is 17.3. The molecular formula is C27H27N4O12S3-3. The fourth-order valence-corrected chi connectivity index (χ4v) is 5.31. The lowest BCUT2D eigenvalue weighted by Crippen LogP contribution is -2.31. The highest BCUT2D eigenvalue weighted by Crippen LogP contribution is 2.21. The van der Waals surface area contributed by atoms with Crippen molar-refractivity contribution in [3.63, 3.8) is 0 Å². The maximum atomic E-state index is 11.3. The summed E-state index contributed by atoms with van der Waals surface area (Å²) in [7, 11) is -14.3. The quantitative estimate of drug-likeness (QED) is 0.144. The molecule has 0 aromatic heterocycles. The Bertz CT molecular complexity index is 1750. The van der Waals surface area contributed by atoms with Gasteiger partial charge in [-0.25, -0.2) is 25.3 Å². The van der Waals surface area contributed by atoms with Crippen molar-refractivity contribution < 1.29 is 54.2 Å². The van der Waals surface area contributed by atoms with Crippen LogP contribution < -0.4 is 0 Å². The van der Waals surface area contributed by atoms with Crippen LogP contribution >= 0.6 is 0 Å². The summed E-state index contributed by atoms with van der Waals surface area (Å²) in [5, 5.41) is 29.9. The lowest BCUT2D eigenvalue weighted by Gasteiger charge is -2.19. The summed E-state index contributed by atoms with van der Waals surface area (Å²) in [6, 6.07) is 8.97. The summed E-state index contributed by atoms with van der Waals surface area (Å²) >= 11 is 0. The van der Waals surface area contributed by atoms with Crippen LogP contribution in [0.5, 0.6) is 17.2 Å². The van der Waals surface area contributed by atoms with E-state index in [-0.39, 0.29) is 73.2 Å². The normalized spacial score (nSPS) is 13.0. The topological polar surface area (TPSA) is 273 Å². The van der Waals surface area contributed by atoms with Crippen LogP contribution in [0.25, 0.3) is 0 Å². The van der Waals surface area contributed by atoms with Crippen LogP contribution in [-0.2, 0) is 30.4 Å². The molecule has 0 amide bonds. The summed E-state index contributed by atoms with van der Waals surface area (Å²) in [5.41, 5.74) is 0.00538. The maximum Gasteiger partial charge on any atom is 0.124 e. The van der Waals surface area contributed by atoms with Crippen LogP contribution in [0, 0.1) is 0 Å². The third-order valence-electron chi connectivity index (χ3n) is 6.19. The van der Waals surface area contributed by atoms with Crippen LogP contribution in [-0.4, -0.2) is 117 Å². The Morgan fingerprint density at radius 1 is 0.522 bits per heavy atom. The molecule has 3 N–H and O–H groups in total. The fraction of sp³-hybridized carbons (Fsp3) is 0.222. The molecule has 0 bridgehead atoms. The van der Waals surface area contributed by atoms with Gasteiger partial charge in [0.1, 0.15) is 47.6 Å². The molecule has 0 saturated heterocycles. The Labute approximate surface area is 265 Å². The maximum absolute atomic E-state index is 11.3. The first-order chi connectivity index (χ1) is 21.4. The van der Waals surface area contributed by atoms with Crippen LogP contribution in [0.4, 0.5) is 0 Å². The number of nitrogens with zero attached hydrogens (tertiary/aromatic N) is 4. The van der Waals surface area contributed by atoms with Gasteiger partial charge >= 0.3 is 0 Å². The highest BCUT2D eigenvalue weighted by Gasteiger charge is 2.09. The van der Waals surface area contributed by atoms with Crippen molar-refractivity contribution in [2.45, 2.75) is 14.7 Å². The van der Waals surface area contributed by atoms with E-state index in [1.165, 1.54) is 18.6 Å². The summed E-state index contributed by atoms with van der Waals surface area (Å²) in [4.78, 5) is 12.7. The first kappa shape index (κ1) is 36.2. The molecule has 16 nitrogen and oxygen atoms in total. The smallest absolute Gasteiger partial charge is 0.124 e. The molecule has 0 aliphatic rings. The molecule has 0 heterocycles. The van der Waals surface area contributed by atoms with E-state index in [0.29, 0.717) is 0 Å². The van der Waals surface area contributed by atoms with E-state index in [9.17, 15) is 54.2 Å². The van der Waals surface area contributed by atoms with Gasteiger partial charge < -0.3 is 29.0 Å². The zero-order chi connectivity index (χ0) is 34.1. The van der Waals surface area contributed by atoms with Gasteiger partial charge in [-0.1, -0.05) is 0 Å². The molecule has 248 valence electrons. The van der Waals surface area contributed by atoms with E-state index < -0.39 is 45.0 Å². The summed E-state index contributed by atoms with van der Waals surface area (Å²) in [5.74, 6) is -0.900. The Morgan fingerprint density at radius 2 is 0.783 bits per heavy atom. The van der Waals surface area contributed by atoms with Gasteiger partial charge in [-0.3, -0.25) is 19.9 Å². The lowest BCUT2D eigenvalue weighted by molar-refractivity contribution is 0.298. The van der Waals surface area contributed by atoms with E-state index >= 15 is 0 Å².